The van der Waals surface area contributed by atoms with Crippen molar-refractivity contribution in [2.75, 3.05) is 18.8 Å². The largest absolute Gasteiger partial charge is 0.282 e. The molecule has 0 aromatic heterocycles. The Morgan fingerprint density at radius 1 is 1.35 bits per heavy atom. The van der Waals surface area contributed by atoms with Gasteiger partial charge < -0.3 is 0 Å². The molecule has 0 radical (unpaired) electrons. The number of hydrogen-bond acceptors (Lipinski definition) is 4. The van der Waals surface area contributed by atoms with Gasteiger partial charge in [0, 0.05) is 23.6 Å². The van der Waals surface area contributed by atoms with Gasteiger partial charge in [0.05, 0.1) is 0 Å². The first kappa shape index (κ1) is 12.7. The minimum absolute atomic E-state index is 0.226. The van der Waals surface area contributed by atoms with Crippen LogP contribution in [0.3, 0.4) is 0 Å². The highest BCUT2D eigenvalue weighted by Crippen LogP contribution is 2.27. The number of rotatable bonds is 4. The van der Waals surface area contributed by atoms with Gasteiger partial charge in [-0.1, -0.05) is 43.0 Å². The molecular formula is C13H15NOS2. The standard InChI is InChI=1S/C13H15NOS2/c1-2-16-13(15)11-8-9-14(10-11)17-12-6-4-3-5-7-12/h3-8H,2,9-10H2,1H3. The summed E-state index contributed by atoms with van der Waals surface area (Å²) in [4.78, 5) is 12.9. The van der Waals surface area contributed by atoms with Gasteiger partial charge in [0.2, 0.25) is 5.12 Å². The van der Waals surface area contributed by atoms with Crippen LogP contribution in [0.1, 0.15) is 6.92 Å². The van der Waals surface area contributed by atoms with E-state index in [2.05, 4.69) is 16.4 Å². The third-order valence-corrected chi connectivity index (χ3v) is 4.24. The van der Waals surface area contributed by atoms with Gasteiger partial charge in [-0.2, -0.15) is 0 Å². The molecule has 90 valence electrons. The Morgan fingerprint density at radius 2 is 2.12 bits per heavy atom. The first-order chi connectivity index (χ1) is 8.29. The van der Waals surface area contributed by atoms with Gasteiger partial charge in [0.1, 0.15) is 0 Å². The minimum Gasteiger partial charge on any atom is -0.282 e. The van der Waals surface area contributed by atoms with Crippen molar-refractivity contribution in [3.05, 3.63) is 42.0 Å². The second-order valence-corrected chi connectivity index (χ2v) is 6.08. The molecule has 0 saturated heterocycles. The summed E-state index contributed by atoms with van der Waals surface area (Å²) in [5.74, 6) is 0.849. The Kier molecular flexibility index (Phi) is 4.71. The Hall–Kier alpha value is -0.710. The number of carbonyl (C=O) groups excluding carboxylic acids is 1. The Morgan fingerprint density at radius 3 is 2.82 bits per heavy atom. The topological polar surface area (TPSA) is 20.3 Å². The summed E-state index contributed by atoms with van der Waals surface area (Å²) in [7, 11) is 0. The molecule has 0 spiro atoms. The minimum atomic E-state index is 0.226. The van der Waals surface area contributed by atoms with Crippen LogP contribution < -0.4 is 0 Å². The lowest BCUT2D eigenvalue weighted by molar-refractivity contribution is -0.107. The molecule has 0 bridgehead atoms. The molecule has 0 N–H and O–H groups in total. The average molecular weight is 265 g/mol. The molecule has 1 heterocycles. The molecule has 0 saturated carbocycles. The van der Waals surface area contributed by atoms with E-state index < -0.39 is 0 Å². The Labute approximate surface area is 111 Å². The van der Waals surface area contributed by atoms with Crippen LogP contribution in [0.25, 0.3) is 0 Å². The number of benzene rings is 1. The van der Waals surface area contributed by atoms with Crippen LogP contribution in [0.15, 0.2) is 46.9 Å². The lowest BCUT2D eigenvalue weighted by Gasteiger charge is -2.13. The van der Waals surface area contributed by atoms with Crippen molar-refractivity contribution in [1.82, 2.24) is 4.31 Å². The fourth-order valence-electron chi connectivity index (χ4n) is 1.60. The highest BCUT2D eigenvalue weighted by Gasteiger charge is 2.20. The van der Waals surface area contributed by atoms with Crippen LogP contribution in [0.4, 0.5) is 0 Å². The Balaban J connectivity index is 1.87. The van der Waals surface area contributed by atoms with E-state index in [4.69, 9.17) is 0 Å². The van der Waals surface area contributed by atoms with E-state index >= 15 is 0 Å². The quantitative estimate of drug-likeness (QED) is 0.779. The number of nitrogens with zero attached hydrogens (tertiary/aromatic N) is 1. The molecular weight excluding hydrogens is 250 g/mol. The van der Waals surface area contributed by atoms with Gasteiger partial charge in [-0.3, -0.25) is 4.79 Å². The van der Waals surface area contributed by atoms with Crippen molar-refractivity contribution < 1.29 is 4.79 Å². The van der Waals surface area contributed by atoms with Crippen LogP contribution in [0.2, 0.25) is 0 Å². The van der Waals surface area contributed by atoms with Gasteiger partial charge >= 0.3 is 0 Å². The normalized spacial score (nSPS) is 15.9. The first-order valence-electron chi connectivity index (χ1n) is 5.63. The molecule has 17 heavy (non-hydrogen) atoms. The van der Waals surface area contributed by atoms with Crippen LogP contribution >= 0.6 is 23.7 Å². The molecule has 0 amide bonds. The number of carbonyl (C=O) groups is 1. The second-order valence-electron chi connectivity index (χ2n) is 3.68. The second kappa shape index (κ2) is 6.28. The third-order valence-electron chi connectivity index (χ3n) is 2.40. The number of thioether (sulfide) groups is 1. The van der Waals surface area contributed by atoms with Crippen molar-refractivity contribution in [1.29, 1.82) is 0 Å². The van der Waals surface area contributed by atoms with Gasteiger partial charge in [-0.15, -0.1) is 0 Å². The average Bonchev–Trinajstić information content (AvgIpc) is 2.79. The van der Waals surface area contributed by atoms with E-state index in [1.165, 1.54) is 16.7 Å². The first-order valence-corrected chi connectivity index (χ1v) is 7.39. The van der Waals surface area contributed by atoms with E-state index in [1.807, 2.05) is 31.2 Å². The summed E-state index contributed by atoms with van der Waals surface area (Å²) in [6.07, 6.45) is 2.04. The zero-order valence-electron chi connectivity index (χ0n) is 9.76. The van der Waals surface area contributed by atoms with Gasteiger partial charge in [-0.25, -0.2) is 4.31 Å². The van der Waals surface area contributed by atoms with Crippen molar-refractivity contribution in [2.24, 2.45) is 0 Å². The summed E-state index contributed by atoms with van der Waals surface area (Å²) >= 11 is 3.10. The molecule has 0 fully saturated rings. The maximum atomic E-state index is 11.7. The molecule has 0 aliphatic carbocycles. The van der Waals surface area contributed by atoms with E-state index in [-0.39, 0.29) is 5.12 Å². The molecule has 4 heteroatoms. The smallest absolute Gasteiger partial charge is 0.216 e. The predicted molar refractivity (Wildman–Crippen MR) is 75.1 cm³/mol. The lowest BCUT2D eigenvalue weighted by atomic mass is 10.3. The van der Waals surface area contributed by atoms with E-state index in [9.17, 15) is 4.79 Å². The number of hydrogen-bond donors (Lipinski definition) is 0. The van der Waals surface area contributed by atoms with E-state index in [1.54, 1.807) is 11.9 Å². The Bertz CT molecular complexity index is 417. The molecule has 2 nitrogen and oxygen atoms in total. The molecule has 1 aromatic carbocycles. The molecule has 0 atom stereocenters. The monoisotopic (exact) mass is 265 g/mol. The van der Waals surface area contributed by atoms with Crippen LogP contribution in [0.5, 0.6) is 0 Å². The molecule has 1 aliphatic heterocycles. The van der Waals surface area contributed by atoms with Gasteiger partial charge in [0.25, 0.3) is 0 Å². The van der Waals surface area contributed by atoms with E-state index in [0.717, 1.165) is 24.4 Å². The SMILES string of the molecule is CCSC(=O)C1=CCN(Sc2ccccc2)C1. The summed E-state index contributed by atoms with van der Waals surface area (Å²) in [6.45, 7) is 3.62. The van der Waals surface area contributed by atoms with Crippen molar-refractivity contribution in [3.8, 4) is 0 Å². The molecule has 1 aromatic rings. The van der Waals surface area contributed by atoms with Gasteiger partial charge in [0.15, 0.2) is 0 Å². The van der Waals surface area contributed by atoms with Crippen molar-refractivity contribution in [2.45, 2.75) is 11.8 Å². The third kappa shape index (κ3) is 3.63. The zero-order chi connectivity index (χ0) is 12.1. The zero-order valence-corrected chi connectivity index (χ0v) is 11.4. The maximum Gasteiger partial charge on any atom is 0.216 e. The highest BCUT2D eigenvalue weighted by molar-refractivity contribution is 8.14. The summed E-state index contributed by atoms with van der Waals surface area (Å²) in [5, 5.41) is 0.226. The summed E-state index contributed by atoms with van der Waals surface area (Å²) in [5.41, 5.74) is 0.945. The van der Waals surface area contributed by atoms with Crippen LogP contribution in [0, 0.1) is 0 Å². The predicted octanol–water partition coefficient (Wildman–Crippen LogP) is 3.22. The summed E-state index contributed by atoms with van der Waals surface area (Å²) < 4.78 is 2.21. The lowest BCUT2D eigenvalue weighted by Crippen LogP contribution is -2.13. The van der Waals surface area contributed by atoms with E-state index in [0.29, 0.717) is 0 Å². The maximum absolute atomic E-state index is 11.7. The molecule has 0 unspecified atom stereocenters. The van der Waals surface area contributed by atoms with Crippen LogP contribution in [-0.2, 0) is 4.79 Å². The fourth-order valence-corrected chi connectivity index (χ4v) is 3.13. The molecule has 2 rings (SSSR count). The van der Waals surface area contributed by atoms with Crippen molar-refractivity contribution in [3.63, 3.8) is 0 Å². The highest BCUT2D eigenvalue weighted by atomic mass is 32.2. The van der Waals surface area contributed by atoms with Gasteiger partial charge in [-0.05, 0) is 29.8 Å². The fraction of sp³-hybridized carbons (Fsp3) is 0.308. The summed E-state index contributed by atoms with van der Waals surface area (Å²) in [6, 6.07) is 10.3. The van der Waals surface area contributed by atoms with Crippen LogP contribution in [-0.4, -0.2) is 28.3 Å². The molecule has 1 aliphatic rings. The van der Waals surface area contributed by atoms with Crippen molar-refractivity contribution >= 4 is 28.8 Å².